The fourth-order valence-corrected chi connectivity index (χ4v) is 2.03. The Morgan fingerprint density at radius 2 is 1.78 bits per heavy atom. The zero-order chi connectivity index (χ0) is 14.3. The Labute approximate surface area is 107 Å². The van der Waals surface area contributed by atoms with Crippen LogP contribution in [0.25, 0.3) is 0 Å². The highest BCUT2D eigenvalue weighted by Gasteiger charge is 2.27. The minimum absolute atomic E-state index is 0.0116. The SMILES string of the molecule is CCCC(C[C@@H](N)[C@@H](C)CC(=O)O)[C@H](N)C(=O)O. The summed E-state index contributed by atoms with van der Waals surface area (Å²) in [7, 11) is 0. The van der Waals surface area contributed by atoms with Gasteiger partial charge in [0.2, 0.25) is 0 Å². The lowest BCUT2D eigenvalue weighted by Gasteiger charge is -2.26. The van der Waals surface area contributed by atoms with Gasteiger partial charge < -0.3 is 21.7 Å². The van der Waals surface area contributed by atoms with Gasteiger partial charge in [0.25, 0.3) is 0 Å². The number of carbonyl (C=O) groups is 2. The summed E-state index contributed by atoms with van der Waals surface area (Å²) in [6.45, 7) is 3.71. The minimum atomic E-state index is -1.04. The molecule has 0 saturated heterocycles. The zero-order valence-corrected chi connectivity index (χ0v) is 11.0. The highest BCUT2D eigenvalue weighted by Crippen LogP contribution is 2.21. The fourth-order valence-electron chi connectivity index (χ4n) is 2.03. The Hall–Kier alpha value is -1.14. The van der Waals surface area contributed by atoms with Gasteiger partial charge >= 0.3 is 11.9 Å². The summed E-state index contributed by atoms with van der Waals surface area (Å²) < 4.78 is 0. The van der Waals surface area contributed by atoms with Crippen molar-refractivity contribution in [1.29, 1.82) is 0 Å². The van der Waals surface area contributed by atoms with E-state index in [0.717, 1.165) is 6.42 Å². The summed E-state index contributed by atoms with van der Waals surface area (Å²) in [6, 6.07) is -1.28. The van der Waals surface area contributed by atoms with Crippen LogP contribution < -0.4 is 11.5 Å². The first-order valence-corrected chi connectivity index (χ1v) is 6.25. The predicted molar refractivity (Wildman–Crippen MR) is 68.0 cm³/mol. The average molecular weight is 260 g/mol. The molecule has 6 heteroatoms. The van der Waals surface area contributed by atoms with Crippen LogP contribution in [0.5, 0.6) is 0 Å². The fraction of sp³-hybridized carbons (Fsp3) is 0.833. The predicted octanol–water partition coefficient (Wildman–Crippen LogP) is 0.643. The van der Waals surface area contributed by atoms with Crippen molar-refractivity contribution in [3.63, 3.8) is 0 Å². The number of hydrogen-bond donors (Lipinski definition) is 4. The molecule has 0 amide bonds. The van der Waals surface area contributed by atoms with Gasteiger partial charge in [-0.3, -0.25) is 9.59 Å². The summed E-state index contributed by atoms with van der Waals surface area (Å²) in [6.07, 6.45) is 1.94. The molecule has 0 aromatic heterocycles. The van der Waals surface area contributed by atoms with Crippen LogP contribution >= 0.6 is 0 Å². The highest BCUT2D eigenvalue weighted by atomic mass is 16.4. The molecule has 0 aliphatic carbocycles. The topological polar surface area (TPSA) is 127 Å². The van der Waals surface area contributed by atoms with Crippen molar-refractivity contribution in [1.82, 2.24) is 0 Å². The molecule has 6 N–H and O–H groups in total. The molecule has 0 spiro atoms. The Bertz CT molecular complexity index is 283. The standard InChI is InChI=1S/C12H24N2O4/c1-3-4-8(11(14)12(17)18)6-9(13)7(2)5-10(15)16/h7-9,11H,3-6,13-14H2,1-2H3,(H,15,16)(H,17,18)/t7-,8?,9+,11-/m0/s1. The Kier molecular flexibility index (Phi) is 7.54. The van der Waals surface area contributed by atoms with Crippen molar-refractivity contribution >= 4 is 11.9 Å². The van der Waals surface area contributed by atoms with Gasteiger partial charge in [-0.1, -0.05) is 20.3 Å². The molecule has 0 bridgehead atoms. The van der Waals surface area contributed by atoms with Gasteiger partial charge in [-0.15, -0.1) is 0 Å². The van der Waals surface area contributed by atoms with E-state index in [1.54, 1.807) is 6.92 Å². The first-order valence-electron chi connectivity index (χ1n) is 6.25. The molecule has 4 atom stereocenters. The van der Waals surface area contributed by atoms with Crippen molar-refractivity contribution in [2.24, 2.45) is 23.3 Å². The lowest BCUT2D eigenvalue weighted by atomic mass is 9.84. The molecule has 0 saturated carbocycles. The summed E-state index contributed by atoms with van der Waals surface area (Å²) in [5, 5.41) is 17.6. The van der Waals surface area contributed by atoms with Gasteiger partial charge in [-0.25, -0.2) is 0 Å². The van der Waals surface area contributed by atoms with Crippen LogP contribution in [0.4, 0.5) is 0 Å². The molecule has 0 aromatic carbocycles. The van der Waals surface area contributed by atoms with E-state index in [9.17, 15) is 9.59 Å². The van der Waals surface area contributed by atoms with Gasteiger partial charge in [-0.05, 0) is 24.7 Å². The maximum absolute atomic E-state index is 10.9. The van der Waals surface area contributed by atoms with Crippen LogP contribution in [-0.4, -0.2) is 34.2 Å². The average Bonchev–Trinajstić information content (AvgIpc) is 2.26. The van der Waals surface area contributed by atoms with Gasteiger partial charge in [-0.2, -0.15) is 0 Å². The van der Waals surface area contributed by atoms with Crippen LogP contribution in [0.2, 0.25) is 0 Å². The second-order valence-corrected chi connectivity index (χ2v) is 4.89. The van der Waals surface area contributed by atoms with E-state index in [0.29, 0.717) is 12.8 Å². The number of nitrogens with two attached hydrogens (primary N) is 2. The zero-order valence-electron chi connectivity index (χ0n) is 11.0. The summed E-state index contributed by atoms with van der Waals surface area (Å²) in [5.74, 6) is -2.33. The molecule has 18 heavy (non-hydrogen) atoms. The molecule has 0 rings (SSSR count). The third kappa shape index (κ3) is 5.97. The van der Waals surface area contributed by atoms with E-state index >= 15 is 0 Å². The summed E-state index contributed by atoms with van der Waals surface area (Å²) in [4.78, 5) is 21.5. The molecule has 1 unspecified atom stereocenters. The maximum atomic E-state index is 10.9. The molecular formula is C12H24N2O4. The quantitative estimate of drug-likeness (QED) is 0.482. The molecule has 6 nitrogen and oxygen atoms in total. The largest absolute Gasteiger partial charge is 0.481 e. The summed E-state index contributed by atoms with van der Waals surface area (Å²) in [5.41, 5.74) is 11.5. The molecule has 0 fully saturated rings. The third-order valence-electron chi connectivity index (χ3n) is 3.25. The maximum Gasteiger partial charge on any atom is 0.320 e. The monoisotopic (exact) mass is 260 g/mol. The van der Waals surface area contributed by atoms with Crippen LogP contribution in [-0.2, 0) is 9.59 Å². The van der Waals surface area contributed by atoms with Crippen LogP contribution in [0.3, 0.4) is 0 Å². The van der Waals surface area contributed by atoms with E-state index in [1.165, 1.54) is 0 Å². The Balaban J connectivity index is 4.47. The summed E-state index contributed by atoms with van der Waals surface area (Å²) >= 11 is 0. The van der Waals surface area contributed by atoms with Crippen LogP contribution in [0, 0.1) is 11.8 Å². The van der Waals surface area contributed by atoms with Gasteiger partial charge in [0.1, 0.15) is 6.04 Å². The molecule has 106 valence electrons. The Morgan fingerprint density at radius 3 is 2.17 bits per heavy atom. The van der Waals surface area contributed by atoms with Crippen molar-refractivity contribution in [2.45, 2.75) is 51.6 Å². The van der Waals surface area contributed by atoms with Gasteiger partial charge in [0.15, 0.2) is 0 Å². The molecule has 0 heterocycles. The Morgan fingerprint density at radius 1 is 1.22 bits per heavy atom. The number of carboxylic acid groups (broad SMARTS) is 2. The third-order valence-corrected chi connectivity index (χ3v) is 3.25. The van der Waals surface area contributed by atoms with E-state index in [-0.39, 0.29) is 24.3 Å². The van der Waals surface area contributed by atoms with Crippen molar-refractivity contribution in [3.05, 3.63) is 0 Å². The first kappa shape index (κ1) is 16.9. The normalized spacial score (nSPS) is 17.8. The molecule has 0 radical (unpaired) electrons. The number of aliphatic carboxylic acids is 2. The lowest BCUT2D eigenvalue weighted by molar-refractivity contribution is -0.141. The van der Waals surface area contributed by atoms with Crippen molar-refractivity contribution in [2.75, 3.05) is 0 Å². The molecule has 0 aliphatic rings. The molecule has 0 aromatic rings. The van der Waals surface area contributed by atoms with Gasteiger partial charge in [0, 0.05) is 12.5 Å². The minimum Gasteiger partial charge on any atom is -0.481 e. The van der Waals surface area contributed by atoms with E-state index in [4.69, 9.17) is 21.7 Å². The molecular weight excluding hydrogens is 236 g/mol. The first-order chi connectivity index (χ1) is 8.29. The van der Waals surface area contributed by atoms with Crippen LogP contribution in [0.15, 0.2) is 0 Å². The smallest absolute Gasteiger partial charge is 0.320 e. The highest BCUT2D eigenvalue weighted by molar-refractivity contribution is 5.73. The van der Waals surface area contributed by atoms with E-state index < -0.39 is 18.0 Å². The van der Waals surface area contributed by atoms with E-state index in [2.05, 4.69) is 0 Å². The van der Waals surface area contributed by atoms with Gasteiger partial charge in [0.05, 0.1) is 0 Å². The second kappa shape index (κ2) is 8.05. The number of hydrogen-bond acceptors (Lipinski definition) is 4. The molecule has 0 aliphatic heterocycles. The lowest BCUT2D eigenvalue weighted by Crippen LogP contribution is -2.42. The number of carboxylic acids is 2. The van der Waals surface area contributed by atoms with Crippen LogP contribution in [0.1, 0.15) is 39.5 Å². The second-order valence-electron chi connectivity index (χ2n) is 4.89. The number of rotatable bonds is 9. The van der Waals surface area contributed by atoms with Crippen molar-refractivity contribution < 1.29 is 19.8 Å². The van der Waals surface area contributed by atoms with Crippen molar-refractivity contribution in [3.8, 4) is 0 Å². The van der Waals surface area contributed by atoms with E-state index in [1.807, 2.05) is 6.92 Å².